The highest BCUT2D eigenvalue weighted by Crippen LogP contribution is 2.14. The number of allylic oxidation sites excluding steroid dienone is 4. The van der Waals surface area contributed by atoms with Gasteiger partial charge in [-0.15, -0.1) is 0 Å². The molecule has 0 aliphatic rings. The standard InChI is InChI=1S/C20H30O2/c1-17(9-5-11-19(3)15-21)7-4-8-18(2)10-6-12-20-13-14-22-16-20/h4,7-8,13-17,19H,5-6,9-12H2,1-3H3/b7-4+,18-8+/t17-,19?/m1/s1. The lowest BCUT2D eigenvalue weighted by Gasteiger charge is -2.07. The van der Waals surface area contributed by atoms with Gasteiger partial charge in [-0.25, -0.2) is 0 Å². The first-order valence-electron chi connectivity index (χ1n) is 8.42. The minimum Gasteiger partial charge on any atom is -0.472 e. The van der Waals surface area contributed by atoms with E-state index in [2.05, 4.69) is 32.1 Å². The number of aryl methyl sites for hydroxylation is 1. The number of aldehydes is 1. The molecule has 0 amide bonds. The first-order chi connectivity index (χ1) is 10.6. The lowest BCUT2D eigenvalue weighted by atomic mass is 9.99. The zero-order valence-electron chi connectivity index (χ0n) is 14.3. The van der Waals surface area contributed by atoms with Crippen LogP contribution in [0, 0.1) is 11.8 Å². The Morgan fingerprint density at radius 2 is 2.00 bits per heavy atom. The molecule has 0 spiro atoms. The van der Waals surface area contributed by atoms with E-state index < -0.39 is 0 Å². The van der Waals surface area contributed by atoms with Crippen molar-refractivity contribution in [3.63, 3.8) is 0 Å². The van der Waals surface area contributed by atoms with Crippen LogP contribution in [-0.2, 0) is 11.2 Å². The van der Waals surface area contributed by atoms with Gasteiger partial charge in [0.15, 0.2) is 0 Å². The normalized spacial score (nSPS) is 15.1. The second-order valence-electron chi connectivity index (χ2n) is 6.40. The van der Waals surface area contributed by atoms with E-state index in [1.807, 2.05) is 19.3 Å². The monoisotopic (exact) mass is 302 g/mol. The molecule has 1 aromatic rings. The van der Waals surface area contributed by atoms with Crippen molar-refractivity contribution in [2.45, 2.75) is 59.3 Å². The van der Waals surface area contributed by atoms with Crippen LogP contribution in [0.2, 0.25) is 0 Å². The van der Waals surface area contributed by atoms with Gasteiger partial charge in [0.1, 0.15) is 6.29 Å². The summed E-state index contributed by atoms with van der Waals surface area (Å²) >= 11 is 0. The molecule has 0 fully saturated rings. The molecule has 2 heteroatoms. The number of hydrogen-bond acceptors (Lipinski definition) is 2. The third-order valence-corrected chi connectivity index (χ3v) is 3.99. The third-order valence-electron chi connectivity index (χ3n) is 3.99. The van der Waals surface area contributed by atoms with Crippen molar-refractivity contribution in [3.8, 4) is 0 Å². The van der Waals surface area contributed by atoms with Gasteiger partial charge in [0.05, 0.1) is 12.5 Å². The van der Waals surface area contributed by atoms with Gasteiger partial charge in [-0.1, -0.05) is 44.1 Å². The van der Waals surface area contributed by atoms with E-state index in [0.29, 0.717) is 5.92 Å². The van der Waals surface area contributed by atoms with Crippen molar-refractivity contribution in [1.29, 1.82) is 0 Å². The van der Waals surface area contributed by atoms with Gasteiger partial charge in [-0.05, 0) is 56.6 Å². The Morgan fingerprint density at radius 3 is 2.68 bits per heavy atom. The molecule has 1 unspecified atom stereocenters. The van der Waals surface area contributed by atoms with Crippen LogP contribution in [0.1, 0.15) is 58.4 Å². The molecule has 0 saturated heterocycles. The lowest BCUT2D eigenvalue weighted by molar-refractivity contribution is -0.110. The Hall–Kier alpha value is -1.57. The summed E-state index contributed by atoms with van der Waals surface area (Å²) in [5.41, 5.74) is 2.70. The third kappa shape index (κ3) is 8.66. The van der Waals surface area contributed by atoms with Crippen molar-refractivity contribution >= 4 is 6.29 Å². The van der Waals surface area contributed by atoms with Crippen LogP contribution in [0.15, 0.2) is 46.8 Å². The van der Waals surface area contributed by atoms with E-state index in [1.165, 1.54) is 11.1 Å². The highest BCUT2D eigenvalue weighted by Gasteiger charge is 2.01. The van der Waals surface area contributed by atoms with E-state index in [1.54, 1.807) is 6.26 Å². The van der Waals surface area contributed by atoms with E-state index >= 15 is 0 Å². The minimum absolute atomic E-state index is 0.202. The van der Waals surface area contributed by atoms with Gasteiger partial charge < -0.3 is 9.21 Å². The summed E-state index contributed by atoms with van der Waals surface area (Å²) in [4.78, 5) is 10.6. The number of hydrogen-bond donors (Lipinski definition) is 0. The molecular weight excluding hydrogens is 272 g/mol. The molecule has 0 N–H and O–H groups in total. The Morgan fingerprint density at radius 1 is 1.23 bits per heavy atom. The summed E-state index contributed by atoms with van der Waals surface area (Å²) < 4.78 is 5.07. The average Bonchev–Trinajstić information content (AvgIpc) is 3.00. The van der Waals surface area contributed by atoms with E-state index in [4.69, 9.17) is 4.42 Å². The Balaban J connectivity index is 2.16. The van der Waals surface area contributed by atoms with Crippen LogP contribution in [0.4, 0.5) is 0 Å². The second-order valence-corrected chi connectivity index (χ2v) is 6.40. The predicted molar refractivity (Wildman–Crippen MR) is 92.8 cm³/mol. The summed E-state index contributed by atoms with van der Waals surface area (Å²) in [6.45, 7) is 6.42. The molecule has 122 valence electrons. The van der Waals surface area contributed by atoms with Gasteiger partial charge in [0.25, 0.3) is 0 Å². The van der Waals surface area contributed by atoms with Crippen molar-refractivity contribution in [2.75, 3.05) is 0 Å². The van der Waals surface area contributed by atoms with Crippen LogP contribution < -0.4 is 0 Å². The van der Waals surface area contributed by atoms with Gasteiger partial charge in [-0.3, -0.25) is 0 Å². The van der Waals surface area contributed by atoms with Crippen molar-refractivity contribution < 1.29 is 9.21 Å². The summed E-state index contributed by atoms with van der Waals surface area (Å²) in [5.74, 6) is 0.780. The molecule has 0 radical (unpaired) electrons. The molecular formula is C20H30O2. The number of rotatable bonds is 11. The molecule has 2 atom stereocenters. The molecule has 0 bridgehead atoms. The predicted octanol–water partition coefficient (Wildman–Crippen LogP) is 5.75. The quantitative estimate of drug-likeness (QED) is 0.385. The van der Waals surface area contributed by atoms with Crippen molar-refractivity contribution in [3.05, 3.63) is 48.0 Å². The molecule has 0 saturated carbocycles. The molecule has 22 heavy (non-hydrogen) atoms. The highest BCUT2D eigenvalue weighted by molar-refractivity contribution is 5.52. The van der Waals surface area contributed by atoms with Gasteiger partial charge >= 0.3 is 0 Å². The van der Waals surface area contributed by atoms with Crippen molar-refractivity contribution in [1.82, 2.24) is 0 Å². The van der Waals surface area contributed by atoms with Gasteiger partial charge in [0, 0.05) is 5.92 Å². The molecule has 1 heterocycles. The molecule has 0 aliphatic carbocycles. The molecule has 0 aromatic carbocycles. The van der Waals surface area contributed by atoms with E-state index in [9.17, 15) is 4.79 Å². The highest BCUT2D eigenvalue weighted by atomic mass is 16.3. The zero-order valence-corrected chi connectivity index (χ0v) is 14.3. The van der Waals surface area contributed by atoms with Crippen LogP contribution >= 0.6 is 0 Å². The number of furan rings is 1. The maximum absolute atomic E-state index is 10.6. The topological polar surface area (TPSA) is 30.2 Å². The fourth-order valence-corrected chi connectivity index (χ4v) is 2.43. The Labute approximate surface area is 135 Å². The zero-order chi connectivity index (χ0) is 16.2. The summed E-state index contributed by atoms with van der Waals surface area (Å²) in [5, 5.41) is 0. The Bertz CT molecular complexity index is 454. The second kappa shape index (κ2) is 11.1. The van der Waals surface area contributed by atoms with Crippen LogP contribution in [-0.4, -0.2) is 6.29 Å². The summed E-state index contributed by atoms with van der Waals surface area (Å²) in [7, 11) is 0. The maximum Gasteiger partial charge on any atom is 0.122 e. The van der Waals surface area contributed by atoms with Crippen LogP contribution in [0.3, 0.4) is 0 Å². The summed E-state index contributed by atoms with van der Waals surface area (Å²) in [6, 6.07) is 2.03. The average molecular weight is 302 g/mol. The van der Waals surface area contributed by atoms with Crippen LogP contribution in [0.5, 0.6) is 0 Å². The largest absolute Gasteiger partial charge is 0.472 e. The van der Waals surface area contributed by atoms with E-state index in [-0.39, 0.29) is 5.92 Å². The maximum atomic E-state index is 10.6. The fraction of sp³-hybridized carbons (Fsp3) is 0.550. The fourth-order valence-electron chi connectivity index (χ4n) is 2.43. The molecule has 1 rings (SSSR count). The van der Waals surface area contributed by atoms with Crippen LogP contribution in [0.25, 0.3) is 0 Å². The van der Waals surface area contributed by atoms with Gasteiger partial charge in [-0.2, -0.15) is 0 Å². The molecule has 1 aromatic heterocycles. The first-order valence-corrected chi connectivity index (χ1v) is 8.42. The van der Waals surface area contributed by atoms with Gasteiger partial charge in [0.2, 0.25) is 0 Å². The van der Waals surface area contributed by atoms with E-state index in [0.717, 1.165) is 44.8 Å². The van der Waals surface area contributed by atoms with Crippen molar-refractivity contribution in [2.24, 2.45) is 11.8 Å². The molecule has 0 aliphatic heterocycles. The first kappa shape index (κ1) is 18.5. The molecule has 2 nitrogen and oxygen atoms in total. The lowest BCUT2D eigenvalue weighted by Crippen LogP contribution is -1.97. The number of carbonyl (C=O) groups is 1. The minimum atomic E-state index is 0.202. The Kier molecular flexibility index (Phi) is 9.29. The smallest absolute Gasteiger partial charge is 0.122 e. The number of carbonyl (C=O) groups excluding carboxylic acids is 1. The summed E-state index contributed by atoms with van der Waals surface area (Å²) in [6.07, 6.45) is 17.9. The SMILES string of the molecule is C/C(=C\C=C\[C@@H](C)CCCC(C)C=O)CCCc1ccoc1.